The van der Waals surface area contributed by atoms with Crippen molar-refractivity contribution < 1.29 is 14.3 Å². The van der Waals surface area contributed by atoms with Crippen LogP contribution >= 0.6 is 12.4 Å². The molecule has 5 nitrogen and oxygen atoms in total. The lowest BCUT2D eigenvalue weighted by Crippen LogP contribution is -2.32. The number of carbonyl (C=O) groups is 1. The van der Waals surface area contributed by atoms with Crippen molar-refractivity contribution in [2.75, 3.05) is 25.2 Å². The van der Waals surface area contributed by atoms with Crippen molar-refractivity contribution in [3.63, 3.8) is 0 Å². The fourth-order valence-corrected chi connectivity index (χ4v) is 3.06. The SMILES string of the molecule is CC(CC(=O)Nc1ccc2c(c1)OCO2)C1CCNCC1.Cl. The number of halogens is 1. The summed E-state index contributed by atoms with van der Waals surface area (Å²) < 4.78 is 10.6. The topological polar surface area (TPSA) is 59.6 Å². The van der Waals surface area contributed by atoms with Gasteiger partial charge in [-0.15, -0.1) is 12.4 Å². The second kappa shape index (κ2) is 7.70. The molecule has 1 saturated heterocycles. The number of anilines is 1. The standard InChI is InChI=1S/C16H22N2O3.ClH/c1-11(12-4-6-17-7-5-12)8-16(19)18-13-2-3-14-15(9-13)21-10-20-14;/h2-3,9,11-12,17H,4-8,10H2,1H3,(H,18,19);1H. The molecule has 6 heteroatoms. The molecule has 0 saturated carbocycles. The van der Waals surface area contributed by atoms with Crippen LogP contribution in [0.25, 0.3) is 0 Å². The predicted molar refractivity (Wildman–Crippen MR) is 87.8 cm³/mol. The van der Waals surface area contributed by atoms with E-state index in [-0.39, 0.29) is 25.1 Å². The Morgan fingerprint density at radius 2 is 2.05 bits per heavy atom. The second-order valence-electron chi connectivity index (χ2n) is 5.89. The minimum absolute atomic E-state index is 0. The van der Waals surface area contributed by atoms with Gasteiger partial charge >= 0.3 is 0 Å². The van der Waals surface area contributed by atoms with E-state index in [1.54, 1.807) is 0 Å². The monoisotopic (exact) mass is 326 g/mol. The predicted octanol–water partition coefficient (Wildman–Crippen LogP) is 2.80. The van der Waals surface area contributed by atoms with Crippen molar-refractivity contribution in [1.29, 1.82) is 0 Å². The molecule has 0 bridgehead atoms. The van der Waals surface area contributed by atoms with Crippen molar-refractivity contribution in [1.82, 2.24) is 5.32 Å². The molecular formula is C16H23ClN2O3. The van der Waals surface area contributed by atoms with Gasteiger partial charge in [0, 0.05) is 18.2 Å². The Morgan fingerprint density at radius 3 is 2.82 bits per heavy atom. The Kier molecular flexibility index (Phi) is 5.91. The second-order valence-corrected chi connectivity index (χ2v) is 5.89. The van der Waals surface area contributed by atoms with E-state index < -0.39 is 0 Å². The van der Waals surface area contributed by atoms with Crippen LogP contribution in [-0.2, 0) is 4.79 Å². The number of benzene rings is 1. The molecule has 2 heterocycles. The van der Waals surface area contributed by atoms with Gasteiger partial charge in [0.2, 0.25) is 12.7 Å². The highest BCUT2D eigenvalue weighted by molar-refractivity contribution is 5.91. The molecule has 0 spiro atoms. The molecule has 1 aromatic carbocycles. The zero-order valence-corrected chi connectivity index (χ0v) is 13.6. The number of amides is 1. The van der Waals surface area contributed by atoms with Crippen LogP contribution < -0.4 is 20.1 Å². The van der Waals surface area contributed by atoms with Crippen molar-refractivity contribution >= 4 is 24.0 Å². The number of ether oxygens (including phenoxy) is 2. The first-order chi connectivity index (χ1) is 10.2. The number of piperidine rings is 1. The zero-order valence-electron chi connectivity index (χ0n) is 12.8. The molecule has 1 unspecified atom stereocenters. The summed E-state index contributed by atoms with van der Waals surface area (Å²) in [6.07, 6.45) is 2.90. The summed E-state index contributed by atoms with van der Waals surface area (Å²) in [7, 11) is 0. The molecule has 2 N–H and O–H groups in total. The molecule has 0 radical (unpaired) electrons. The minimum atomic E-state index is 0. The zero-order chi connectivity index (χ0) is 14.7. The van der Waals surface area contributed by atoms with Gasteiger partial charge in [0.1, 0.15) is 0 Å². The summed E-state index contributed by atoms with van der Waals surface area (Å²) in [5.74, 6) is 2.56. The van der Waals surface area contributed by atoms with Gasteiger partial charge in [-0.1, -0.05) is 6.92 Å². The lowest BCUT2D eigenvalue weighted by molar-refractivity contribution is -0.117. The van der Waals surface area contributed by atoms with Crippen molar-refractivity contribution in [3.05, 3.63) is 18.2 Å². The molecule has 1 fully saturated rings. The molecule has 0 aromatic heterocycles. The third-order valence-electron chi connectivity index (χ3n) is 4.35. The van der Waals surface area contributed by atoms with Gasteiger partial charge in [-0.2, -0.15) is 0 Å². The summed E-state index contributed by atoms with van der Waals surface area (Å²) in [4.78, 5) is 12.2. The lowest BCUT2D eigenvalue weighted by Gasteiger charge is -2.27. The number of hydrogen-bond donors (Lipinski definition) is 2. The number of rotatable bonds is 4. The molecule has 0 aliphatic carbocycles. The van der Waals surface area contributed by atoms with Gasteiger partial charge in [0.15, 0.2) is 11.5 Å². The average Bonchev–Trinajstić information content (AvgIpc) is 2.95. The maximum atomic E-state index is 12.2. The number of carbonyl (C=O) groups excluding carboxylic acids is 1. The van der Waals surface area contributed by atoms with Crippen LogP contribution in [0.2, 0.25) is 0 Å². The fourth-order valence-electron chi connectivity index (χ4n) is 3.06. The van der Waals surface area contributed by atoms with E-state index in [0.717, 1.165) is 24.5 Å². The van der Waals surface area contributed by atoms with Crippen LogP contribution in [0, 0.1) is 11.8 Å². The summed E-state index contributed by atoms with van der Waals surface area (Å²) in [6, 6.07) is 5.49. The van der Waals surface area contributed by atoms with Crippen LogP contribution in [0.1, 0.15) is 26.2 Å². The van der Waals surface area contributed by atoms with Crippen LogP contribution in [0.5, 0.6) is 11.5 Å². The normalized spacial score (nSPS) is 18.4. The van der Waals surface area contributed by atoms with E-state index >= 15 is 0 Å². The van der Waals surface area contributed by atoms with Gasteiger partial charge in [-0.05, 0) is 49.9 Å². The fraction of sp³-hybridized carbons (Fsp3) is 0.562. The van der Waals surface area contributed by atoms with Crippen LogP contribution in [-0.4, -0.2) is 25.8 Å². The first-order valence-corrected chi connectivity index (χ1v) is 7.62. The number of nitrogens with one attached hydrogen (secondary N) is 2. The third-order valence-corrected chi connectivity index (χ3v) is 4.35. The van der Waals surface area contributed by atoms with Gasteiger partial charge in [0.25, 0.3) is 0 Å². The first kappa shape index (κ1) is 16.9. The van der Waals surface area contributed by atoms with E-state index in [1.807, 2.05) is 18.2 Å². The molecule has 2 aliphatic heterocycles. The quantitative estimate of drug-likeness (QED) is 0.893. The van der Waals surface area contributed by atoms with Gasteiger partial charge < -0.3 is 20.1 Å². The third kappa shape index (κ3) is 4.05. The van der Waals surface area contributed by atoms with Gasteiger partial charge in [0.05, 0.1) is 0 Å². The summed E-state index contributed by atoms with van der Waals surface area (Å²) >= 11 is 0. The molecule has 2 aliphatic rings. The molecule has 1 aromatic rings. The largest absolute Gasteiger partial charge is 0.454 e. The summed E-state index contributed by atoms with van der Waals surface area (Å²) in [5, 5.41) is 6.31. The molecule has 3 rings (SSSR count). The Bertz CT molecular complexity index is 518. The Morgan fingerprint density at radius 1 is 1.32 bits per heavy atom. The molecule has 1 amide bonds. The number of hydrogen-bond acceptors (Lipinski definition) is 4. The van der Waals surface area contributed by atoms with E-state index in [0.29, 0.717) is 24.0 Å². The van der Waals surface area contributed by atoms with E-state index in [4.69, 9.17) is 9.47 Å². The summed E-state index contributed by atoms with van der Waals surface area (Å²) in [6.45, 7) is 4.56. The highest BCUT2D eigenvalue weighted by Gasteiger charge is 2.22. The van der Waals surface area contributed by atoms with Crippen molar-refractivity contribution in [2.24, 2.45) is 11.8 Å². The molecular weight excluding hydrogens is 304 g/mol. The van der Waals surface area contributed by atoms with Crippen molar-refractivity contribution in [3.8, 4) is 11.5 Å². The first-order valence-electron chi connectivity index (χ1n) is 7.62. The Labute approximate surface area is 137 Å². The van der Waals surface area contributed by atoms with E-state index in [1.165, 1.54) is 12.8 Å². The Balaban J connectivity index is 0.00000176. The highest BCUT2D eigenvalue weighted by Crippen LogP contribution is 2.34. The molecule has 122 valence electrons. The lowest BCUT2D eigenvalue weighted by atomic mass is 9.84. The maximum Gasteiger partial charge on any atom is 0.231 e. The minimum Gasteiger partial charge on any atom is -0.454 e. The molecule has 1 atom stereocenters. The van der Waals surface area contributed by atoms with Crippen LogP contribution in [0.15, 0.2) is 18.2 Å². The smallest absolute Gasteiger partial charge is 0.231 e. The van der Waals surface area contributed by atoms with E-state index in [9.17, 15) is 4.79 Å². The van der Waals surface area contributed by atoms with Gasteiger partial charge in [-0.25, -0.2) is 0 Å². The number of fused-ring (bicyclic) bond motifs is 1. The van der Waals surface area contributed by atoms with Crippen molar-refractivity contribution in [2.45, 2.75) is 26.2 Å². The van der Waals surface area contributed by atoms with Gasteiger partial charge in [-0.3, -0.25) is 4.79 Å². The molecule has 22 heavy (non-hydrogen) atoms. The van der Waals surface area contributed by atoms with E-state index in [2.05, 4.69) is 17.6 Å². The van der Waals surface area contributed by atoms with Crippen LogP contribution in [0.3, 0.4) is 0 Å². The van der Waals surface area contributed by atoms with Crippen LogP contribution in [0.4, 0.5) is 5.69 Å². The highest BCUT2D eigenvalue weighted by atomic mass is 35.5. The summed E-state index contributed by atoms with van der Waals surface area (Å²) in [5.41, 5.74) is 0.766. The Hall–Kier alpha value is -1.46. The average molecular weight is 327 g/mol. The maximum absolute atomic E-state index is 12.2.